The molecule has 0 aromatic carbocycles. The first-order valence-corrected chi connectivity index (χ1v) is 8.71. The third-order valence-corrected chi connectivity index (χ3v) is 4.56. The first-order chi connectivity index (χ1) is 11.0. The Hall–Kier alpha value is -1.56. The largest absolute Gasteiger partial charge is 0.444 e. The van der Waals surface area contributed by atoms with E-state index < -0.39 is 5.60 Å². The van der Waals surface area contributed by atoms with Crippen molar-refractivity contribution in [1.82, 2.24) is 20.0 Å². The Labute approximate surface area is 145 Å². The van der Waals surface area contributed by atoms with Gasteiger partial charge in [0, 0.05) is 44.5 Å². The molecule has 0 radical (unpaired) electrons. The maximum atomic E-state index is 12.2. The second-order valence-corrected chi connectivity index (χ2v) is 8.41. The van der Waals surface area contributed by atoms with E-state index in [4.69, 9.17) is 4.74 Å². The van der Waals surface area contributed by atoms with Crippen molar-refractivity contribution < 1.29 is 9.53 Å². The molecule has 2 atom stereocenters. The summed E-state index contributed by atoms with van der Waals surface area (Å²) in [6.45, 7) is 14.5. The summed E-state index contributed by atoms with van der Waals surface area (Å²) in [6, 6.07) is 0.242. The van der Waals surface area contributed by atoms with Crippen LogP contribution in [-0.2, 0) is 11.8 Å². The predicted octanol–water partition coefficient (Wildman–Crippen LogP) is 3.03. The van der Waals surface area contributed by atoms with E-state index in [1.165, 1.54) is 5.56 Å². The summed E-state index contributed by atoms with van der Waals surface area (Å²) in [7, 11) is 1.94. The van der Waals surface area contributed by atoms with Crippen LogP contribution in [0.15, 0.2) is 6.20 Å². The van der Waals surface area contributed by atoms with Crippen molar-refractivity contribution in [3.63, 3.8) is 0 Å². The van der Waals surface area contributed by atoms with E-state index in [0.717, 1.165) is 31.7 Å². The SMILES string of the molecule is Cc1nn(C)cc1[C@H](C)NC[C@]1(C)CCN(C(=O)OC(C)(C)C)C1. The standard InChI is InChI=1S/C18H32N4O2/c1-13(15-10-21(7)20-14(15)2)19-11-18(6)8-9-22(12-18)16(23)24-17(3,4)5/h10,13,19H,8-9,11-12H2,1-7H3/t13-,18-/m0/s1. The van der Waals surface area contributed by atoms with Crippen LogP contribution in [0.3, 0.4) is 0 Å². The zero-order valence-corrected chi connectivity index (χ0v) is 16.1. The van der Waals surface area contributed by atoms with Crippen molar-refractivity contribution in [1.29, 1.82) is 0 Å². The van der Waals surface area contributed by atoms with E-state index in [1.807, 2.05) is 44.3 Å². The molecule has 6 heteroatoms. The highest BCUT2D eigenvalue weighted by Crippen LogP contribution is 2.31. The van der Waals surface area contributed by atoms with Crippen molar-refractivity contribution >= 4 is 6.09 Å². The molecule has 2 heterocycles. The van der Waals surface area contributed by atoms with Gasteiger partial charge in [0.25, 0.3) is 0 Å². The molecule has 0 unspecified atom stereocenters. The Kier molecular flexibility index (Phi) is 5.28. The topological polar surface area (TPSA) is 59.4 Å². The Morgan fingerprint density at radius 2 is 2.17 bits per heavy atom. The number of ether oxygens (including phenoxy) is 1. The van der Waals surface area contributed by atoms with Gasteiger partial charge in [-0.3, -0.25) is 4.68 Å². The summed E-state index contributed by atoms with van der Waals surface area (Å²) in [5.41, 5.74) is 1.91. The normalized spacial score (nSPS) is 22.7. The van der Waals surface area contributed by atoms with Crippen LogP contribution in [0.1, 0.15) is 58.3 Å². The number of hydrogen-bond acceptors (Lipinski definition) is 4. The van der Waals surface area contributed by atoms with Crippen molar-refractivity contribution in [3.8, 4) is 0 Å². The monoisotopic (exact) mass is 336 g/mol. The quantitative estimate of drug-likeness (QED) is 0.918. The molecule has 1 aromatic rings. The fourth-order valence-electron chi connectivity index (χ4n) is 3.20. The Bertz CT molecular complexity index is 590. The first kappa shape index (κ1) is 18.8. The van der Waals surface area contributed by atoms with E-state index in [0.29, 0.717) is 0 Å². The minimum absolute atomic E-state index is 0.0707. The number of hydrogen-bond donors (Lipinski definition) is 1. The molecule has 1 aliphatic rings. The fraction of sp³-hybridized carbons (Fsp3) is 0.778. The lowest BCUT2D eigenvalue weighted by atomic mass is 9.89. The summed E-state index contributed by atoms with van der Waals surface area (Å²) in [5, 5.41) is 8.02. The smallest absolute Gasteiger partial charge is 0.410 e. The van der Waals surface area contributed by atoms with Gasteiger partial charge in [0.15, 0.2) is 0 Å². The average molecular weight is 336 g/mol. The minimum Gasteiger partial charge on any atom is -0.444 e. The van der Waals surface area contributed by atoms with Crippen LogP contribution in [0.4, 0.5) is 4.79 Å². The van der Waals surface area contributed by atoms with Gasteiger partial charge in [0.05, 0.1) is 5.69 Å². The van der Waals surface area contributed by atoms with Gasteiger partial charge < -0.3 is 15.0 Å². The molecule has 0 aliphatic carbocycles. The summed E-state index contributed by atoms with van der Waals surface area (Å²) in [4.78, 5) is 14.1. The molecule has 24 heavy (non-hydrogen) atoms. The molecule has 1 N–H and O–H groups in total. The molecule has 136 valence electrons. The first-order valence-electron chi connectivity index (χ1n) is 8.71. The predicted molar refractivity (Wildman–Crippen MR) is 94.9 cm³/mol. The van der Waals surface area contributed by atoms with Gasteiger partial charge in [0.1, 0.15) is 5.60 Å². The molecule has 6 nitrogen and oxygen atoms in total. The van der Waals surface area contributed by atoms with E-state index in [9.17, 15) is 4.79 Å². The molecular weight excluding hydrogens is 304 g/mol. The Balaban J connectivity index is 1.89. The van der Waals surface area contributed by atoms with Crippen molar-refractivity contribution in [2.75, 3.05) is 19.6 Å². The minimum atomic E-state index is -0.444. The lowest BCUT2D eigenvalue weighted by Gasteiger charge is -2.28. The lowest BCUT2D eigenvalue weighted by molar-refractivity contribution is 0.0275. The second-order valence-electron chi connectivity index (χ2n) is 8.41. The van der Waals surface area contributed by atoms with Gasteiger partial charge in [-0.25, -0.2) is 4.79 Å². The number of carbonyl (C=O) groups excluding carboxylic acids is 1. The average Bonchev–Trinajstić information content (AvgIpc) is 2.98. The fourth-order valence-corrected chi connectivity index (χ4v) is 3.20. The zero-order valence-electron chi connectivity index (χ0n) is 16.1. The van der Waals surface area contributed by atoms with Crippen LogP contribution in [0.5, 0.6) is 0 Å². The third-order valence-electron chi connectivity index (χ3n) is 4.56. The highest BCUT2D eigenvalue weighted by atomic mass is 16.6. The van der Waals surface area contributed by atoms with Gasteiger partial charge in [-0.1, -0.05) is 6.92 Å². The molecule has 0 saturated carbocycles. The molecule has 0 spiro atoms. The van der Waals surface area contributed by atoms with Crippen LogP contribution >= 0.6 is 0 Å². The number of aryl methyl sites for hydroxylation is 2. The zero-order chi connectivity index (χ0) is 18.1. The molecule has 1 fully saturated rings. The molecule has 2 rings (SSSR count). The number of rotatable bonds is 4. The number of amides is 1. The summed E-state index contributed by atoms with van der Waals surface area (Å²) < 4.78 is 7.34. The van der Waals surface area contributed by atoms with Crippen LogP contribution in [-0.4, -0.2) is 46.0 Å². The Morgan fingerprint density at radius 3 is 2.71 bits per heavy atom. The van der Waals surface area contributed by atoms with Crippen LogP contribution in [0.25, 0.3) is 0 Å². The summed E-state index contributed by atoms with van der Waals surface area (Å²) in [5.74, 6) is 0. The number of likely N-dealkylation sites (tertiary alicyclic amines) is 1. The third kappa shape index (κ3) is 4.72. The highest BCUT2D eigenvalue weighted by molar-refractivity contribution is 5.68. The van der Waals surface area contributed by atoms with E-state index >= 15 is 0 Å². The second kappa shape index (κ2) is 6.75. The van der Waals surface area contributed by atoms with Gasteiger partial charge in [0.2, 0.25) is 0 Å². The molecule has 1 aliphatic heterocycles. The van der Waals surface area contributed by atoms with Gasteiger partial charge in [-0.2, -0.15) is 5.10 Å². The van der Waals surface area contributed by atoms with Gasteiger partial charge in [-0.15, -0.1) is 0 Å². The van der Waals surface area contributed by atoms with Crippen LogP contribution < -0.4 is 5.32 Å². The van der Waals surface area contributed by atoms with E-state index in [2.05, 4.69) is 30.5 Å². The molecular formula is C18H32N4O2. The van der Waals surface area contributed by atoms with Crippen molar-refractivity contribution in [2.45, 2.75) is 59.6 Å². The van der Waals surface area contributed by atoms with Crippen molar-refractivity contribution in [2.24, 2.45) is 12.5 Å². The Morgan fingerprint density at radius 1 is 1.50 bits per heavy atom. The van der Waals surface area contributed by atoms with Crippen LogP contribution in [0, 0.1) is 12.3 Å². The molecule has 1 aromatic heterocycles. The van der Waals surface area contributed by atoms with Crippen LogP contribution in [0.2, 0.25) is 0 Å². The van der Waals surface area contributed by atoms with E-state index in [-0.39, 0.29) is 17.6 Å². The number of nitrogens with zero attached hydrogens (tertiary/aromatic N) is 3. The molecule has 1 amide bonds. The van der Waals surface area contributed by atoms with Crippen molar-refractivity contribution in [3.05, 3.63) is 17.5 Å². The number of nitrogens with one attached hydrogen (secondary N) is 1. The highest BCUT2D eigenvalue weighted by Gasteiger charge is 2.37. The number of carbonyl (C=O) groups is 1. The van der Waals surface area contributed by atoms with Gasteiger partial charge >= 0.3 is 6.09 Å². The van der Waals surface area contributed by atoms with Gasteiger partial charge in [-0.05, 0) is 46.5 Å². The summed E-state index contributed by atoms with van der Waals surface area (Å²) in [6.07, 6.45) is 2.84. The summed E-state index contributed by atoms with van der Waals surface area (Å²) >= 11 is 0. The van der Waals surface area contributed by atoms with E-state index in [1.54, 1.807) is 0 Å². The lowest BCUT2D eigenvalue weighted by Crippen LogP contribution is -2.39. The maximum absolute atomic E-state index is 12.2. The maximum Gasteiger partial charge on any atom is 0.410 e. The molecule has 1 saturated heterocycles. The molecule has 0 bridgehead atoms. The number of aromatic nitrogens is 2.